The Kier molecular flexibility index (Phi) is 1.87. The summed E-state index contributed by atoms with van der Waals surface area (Å²) >= 11 is 8.66. The topological polar surface area (TPSA) is 46.5 Å². The molecule has 5 heteroatoms. The van der Waals surface area contributed by atoms with E-state index in [1.165, 1.54) is 0 Å². The predicted octanol–water partition coefficient (Wildman–Crippen LogP) is 2.01. The molecule has 0 aliphatic carbocycles. The molecule has 0 radical (unpaired) electrons. The number of halogens is 2. The molecule has 0 aromatic heterocycles. The molecule has 1 atom stereocenters. The molecule has 1 unspecified atom stereocenters. The molecule has 68 valence electrons. The van der Waals surface area contributed by atoms with E-state index in [1.807, 2.05) is 0 Å². The van der Waals surface area contributed by atoms with Crippen LogP contribution in [0.25, 0.3) is 0 Å². The van der Waals surface area contributed by atoms with Crippen LogP contribution >= 0.6 is 27.5 Å². The Labute approximate surface area is 87.4 Å². The Morgan fingerprint density at radius 2 is 2.23 bits per heavy atom. The van der Waals surface area contributed by atoms with E-state index in [0.29, 0.717) is 5.02 Å². The van der Waals surface area contributed by atoms with Crippen LogP contribution in [0, 0.1) is 0 Å². The molecular formula is C8H4BrClO3. The second kappa shape index (κ2) is 2.70. The molecule has 1 N–H and O–H groups in total. The number of fused-ring (bicyclic) bond motifs is 1. The average Bonchev–Trinajstić information content (AvgIpc) is 2.24. The van der Waals surface area contributed by atoms with Crippen LogP contribution in [-0.4, -0.2) is 11.1 Å². The zero-order valence-electron chi connectivity index (χ0n) is 6.25. The van der Waals surface area contributed by atoms with Crippen molar-refractivity contribution in [2.75, 3.05) is 0 Å². The first-order valence-electron chi connectivity index (χ1n) is 3.46. The lowest BCUT2D eigenvalue weighted by Crippen LogP contribution is -2.16. The lowest BCUT2D eigenvalue weighted by molar-refractivity contribution is -0.0796. The third-order valence-corrected chi connectivity index (χ3v) is 2.64. The molecule has 1 heterocycles. The largest absolute Gasteiger partial charge is 0.414 e. The highest BCUT2D eigenvalue weighted by atomic mass is 79.9. The highest BCUT2D eigenvalue weighted by molar-refractivity contribution is 9.09. The summed E-state index contributed by atoms with van der Waals surface area (Å²) < 4.78 is 2.87. The van der Waals surface area contributed by atoms with Crippen molar-refractivity contribution in [2.24, 2.45) is 0 Å². The second-order valence-corrected chi connectivity index (χ2v) is 4.10. The van der Waals surface area contributed by atoms with Crippen molar-refractivity contribution in [1.29, 1.82) is 0 Å². The molecule has 3 nitrogen and oxygen atoms in total. The standard InChI is InChI=1S/C8H4BrClO3/c9-8(12)6-4(7(11)13-8)2-1-3-5(6)10/h1-3,12H. The molecular weight excluding hydrogens is 259 g/mol. The number of carbonyl (C=O) groups excluding carboxylic acids is 1. The molecule has 0 spiro atoms. The van der Waals surface area contributed by atoms with Crippen LogP contribution in [0.1, 0.15) is 15.9 Å². The van der Waals surface area contributed by atoms with Crippen LogP contribution in [0.15, 0.2) is 18.2 Å². The minimum atomic E-state index is -1.78. The van der Waals surface area contributed by atoms with E-state index in [-0.39, 0.29) is 11.1 Å². The molecule has 0 saturated heterocycles. The summed E-state index contributed by atoms with van der Waals surface area (Å²) in [5.41, 5.74) is 0.550. The van der Waals surface area contributed by atoms with Gasteiger partial charge in [0.05, 0.1) is 16.1 Å². The molecule has 0 saturated carbocycles. The fourth-order valence-electron chi connectivity index (χ4n) is 1.24. The Balaban J connectivity index is 2.73. The maximum Gasteiger partial charge on any atom is 0.342 e. The van der Waals surface area contributed by atoms with Gasteiger partial charge in [0.1, 0.15) is 0 Å². The maximum absolute atomic E-state index is 11.2. The number of hydrogen-bond donors (Lipinski definition) is 1. The van der Waals surface area contributed by atoms with Gasteiger partial charge >= 0.3 is 5.97 Å². The van der Waals surface area contributed by atoms with E-state index in [0.717, 1.165) is 0 Å². The van der Waals surface area contributed by atoms with Crippen molar-refractivity contribution in [2.45, 2.75) is 4.70 Å². The predicted molar refractivity (Wildman–Crippen MR) is 49.7 cm³/mol. The third-order valence-electron chi connectivity index (χ3n) is 1.77. The average molecular weight is 263 g/mol. The number of ether oxygens (including phenoxy) is 1. The number of alkyl halides is 1. The van der Waals surface area contributed by atoms with Gasteiger partial charge in [-0.1, -0.05) is 17.7 Å². The highest BCUT2D eigenvalue weighted by Gasteiger charge is 2.43. The van der Waals surface area contributed by atoms with Crippen molar-refractivity contribution in [3.8, 4) is 0 Å². The number of carbonyl (C=O) groups is 1. The van der Waals surface area contributed by atoms with Crippen molar-refractivity contribution in [3.05, 3.63) is 34.3 Å². The quantitative estimate of drug-likeness (QED) is 0.575. The zero-order chi connectivity index (χ0) is 9.64. The zero-order valence-corrected chi connectivity index (χ0v) is 8.59. The maximum atomic E-state index is 11.2. The van der Waals surface area contributed by atoms with E-state index < -0.39 is 10.7 Å². The molecule has 0 fully saturated rings. The van der Waals surface area contributed by atoms with Gasteiger partial charge in [-0.15, -0.1) is 0 Å². The summed E-state index contributed by atoms with van der Waals surface area (Å²) in [4.78, 5) is 11.2. The van der Waals surface area contributed by atoms with E-state index in [1.54, 1.807) is 18.2 Å². The van der Waals surface area contributed by atoms with Crippen LogP contribution in [0.2, 0.25) is 5.02 Å². The van der Waals surface area contributed by atoms with Gasteiger partial charge in [-0.3, -0.25) is 0 Å². The molecule has 0 bridgehead atoms. The lowest BCUT2D eigenvalue weighted by atomic mass is 10.1. The van der Waals surface area contributed by atoms with Crippen molar-refractivity contribution < 1.29 is 14.6 Å². The van der Waals surface area contributed by atoms with Gasteiger partial charge in [0.15, 0.2) is 0 Å². The summed E-state index contributed by atoms with van der Waals surface area (Å²) in [7, 11) is 0. The Morgan fingerprint density at radius 1 is 1.54 bits per heavy atom. The highest BCUT2D eigenvalue weighted by Crippen LogP contribution is 2.42. The Bertz CT molecular complexity index is 389. The number of esters is 1. The van der Waals surface area contributed by atoms with E-state index in [9.17, 15) is 9.90 Å². The summed E-state index contributed by atoms with van der Waals surface area (Å²) in [6.45, 7) is 0. The van der Waals surface area contributed by atoms with Gasteiger partial charge in [-0.05, 0) is 12.1 Å². The first-order chi connectivity index (χ1) is 6.02. The van der Waals surface area contributed by atoms with E-state index in [2.05, 4.69) is 20.7 Å². The first-order valence-corrected chi connectivity index (χ1v) is 4.63. The number of aliphatic hydroxyl groups is 1. The van der Waals surface area contributed by atoms with Gasteiger partial charge in [0.2, 0.25) is 0 Å². The van der Waals surface area contributed by atoms with Crippen LogP contribution < -0.4 is 0 Å². The van der Waals surface area contributed by atoms with Gasteiger partial charge in [0.25, 0.3) is 4.70 Å². The molecule has 1 aromatic carbocycles. The number of cyclic esters (lactones) is 1. The van der Waals surface area contributed by atoms with E-state index >= 15 is 0 Å². The van der Waals surface area contributed by atoms with Gasteiger partial charge in [0, 0.05) is 15.9 Å². The van der Waals surface area contributed by atoms with Gasteiger partial charge in [-0.2, -0.15) is 0 Å². The minimum Gasteiger partial charge on any atom is -0.414 e. The summed E-state index contributed by atoms with van der Waals surface area (Å²) in [6.07, 6.45) is 0. The monoisotopic (exact) mass is 262 g/mol. The summed E-state index contributed by atoms with van der Waals surface area (Å²) in [6, 6.07) is 4.74. The van der Waals surface area contributed by atoms with Crippen LogP contribution in [0.4, 0.5) is 0 Å². The molecule has 13 heavy (non-hydrogen) atoms. The summed E-state index contributed by atoms with van der Waals surface area (Å²) in [5.74, 6) is -0.586. The van der Waals surface area contributed by atoms with Crippen LogP contribution in [-0.2, 0) is 9.43 Å². The molecule has 1 aromatic rings. The minimum absolute atomic E-state index is 0.265. The first kappa shape index (κ1) is 8.99. The van der Waals surface area contributed by atoms with Crippen LogP contribution in [0.3, 0.4) is 0 Å². The molecule has 1 aliphatic rings. The van der Waals surface area contributed by atoms with Crippen molar-refractivity contribution in [1.82, 2.24) is 0 Å². The number of hydrogen-bond acceptors (Lipinski definition) is 3. The molecule has 2 rings (SSSR count). The van der Waals surface area contributed by atoms with Gasteiger partial charge in [-0.25, -0.2) is 4.79 Å². The normalized spacial score (nSPS) is 25.6. The fraction of sp³-hybridized carbons (Fsp3) is 0.125. The van der Waals surface area contributed by atoms with Gasteiger partial charge < -0.3 is 9.84 Å². The Hall–Kier alpha value is -0.580. The smallest absolute Gasteiger partial charge is 0.342 e. The Morgan fingerprint density at radius 3 is 2.85 bits per heavy atom. The second-order valence-electron chi connectivity index (χ2n) is 2.61. The number of rotatable bonds is 0. The third kappa shape index (κ3) is 1.25. The molecule has 0 amide bonds. The van der Waals surface area contributed by atoms with Crippen molar-refractivity contribution in [3.63, 3.8) is 0 Å². The fourth-order valence-corrected chi connectivity index (χ4v) is 2.23. The van der Waals surface area contributed by atoms with Crippen LogP contribution in [0.5, 0.6) is 0 Å². The van der Waals surface area contributed by atoms with E-state index in [4.69, 9.17) is 11.6 Å². The SMILES string of the molecule is O=C1OC(O)(Br)c2c(Cl)cccc21. The summed E-state index contributed by atoms with van der Waals surface area (Å²) in [5, 5.41) is 9.88. The van der Waals surface area contributed by atoms with Crippen molar-refractivity contribution >= 4 is 33.5 Å². The number of benzene rings is 1. The lowest BCUT2D eigenvalue weighted by Gasteiger charge is -2.13. The molecule has 1 aliphatic heterocycles.